The molecule has 1 heterocycles. The van der Waals surface area contributed by atoms with E-state index in [1.165, 1.54) is 12.8 Å². The van der Waals surface area contributed by atoms with Crippen molar-refractivity contribution in [1.29, 1.82) is 0 Å². The van der Waals surface area contributed by atoms with Crippen LogP contribution in [0.2, 0.25) is 5.02 Å². The molecule has 0 aromatic heterocycles. The Morgan fingerprint density at radius 1 is 1.48 bits per heavy atom. The van der Waals surface area contributed by atoms with Crippen molar-refractivity contribution in [2.45, 2.75) is 33.1 Å². The second-order valence-electron chi connectivity index (χ2n) is 5.93. The lowest BCUT2D eigenvalue weighted by Gasteiger charge is -2.30. The zero-order valence-corrected chi connectivity index (χ0v) is 13.7. The summed E-state index contributed by atoms with van der Waals surface area (Å²) < 4.78 is 0. The Kier molecular flexibility index (Phi) is 6.07. The van der Waals surface area contributed by atoms with Gasteiger partial charge in [-0.15, -0.1) is 0 Å². The molecular formula is C17H25ClN2O. The summed E-state index contributed by atoms with van der Waals surface area (Å²) in [5.74, 6) is 0.699. The summed E-state index contributed by atoms with van der Waals surface area (Å²) in [5.41, 5.74) is 1.70. The van der Waals surface area contributed by atoms with Crippen LogP contribution < -0.4 is 5.32 Å². The number of amides is 1. The van der Waals surface area contributed by atoms with Crippen molar-refractivity contribution in [3.05, 3.63) is 34.3 Å². The number of piperidine rings is 1. The zero-order valence-electron chi connectivity index (χ0n) is 13.0. The molecule has 1 aliphatic heterocycles. The Balaban J connectivity index is 2.08. The highest BCUT2D eigenvalue weighted by Crippen LogP contribution is 2.19. The van der Waals surface area contributed by atoms with Crippen molar-refractivity contribution in [2.24, 2.45) is 5.92 Å². The molecule has 0 spiro atoms. The number of rotatable bonds is 5. The van der Waals surface area contributed by atoms with Crippen molar-refractivity contribution in [3.8, 4) is 0 Å². The van der Waals surface area contributed by atoms with E-state index in [0.717, 1.165) is 43.7 Å². The van der Waals surface area contributed by atoms with E-state index in [1.807, 2.05) is 30.0 Å². The first-order valence-electron chi connectivity index (χ1n) is 7.88. The minimum Gasteiger partial charge on any atom is -0.338 e. The number of nitrogens with one attached hydrogen (secondary N) is 1. The molecule has 1 saturated heterocycles. The number of halogens is 1. The number of benzene rings is 1. The van der Waals surface area contributed by atoms with Gasteiger partial charge in [0.2, 0.25) is 0 Å². The van der Waals surface area contributed by atoms with E-state index in [4.69, 9.17) is 11.6 Å². The summed E-state index contributed by atoms with van der Waals surface area (Å²) in [6, 6.07) is 5.54. The lowest BCUT2D eigenvalue weighted by Crippen LogP contribution is -2.41. The predicted molar refractivity (Wildman–Crippen MR) is 88.0 cm³/mol. The molecule has 2 rings (SSSR count). The lowest BCUT2D eigenvalue weighted by atomic mass is 9.98. The SMILES string of the molecule is CCCN(CC1CCCNC1)C(=O)c1ccc(Cl)c(C)c1. The smallest absolute Gasteiger partial charge is 0.253 e. The van der Waals surface area contributed by atoms with E-state index >= 15 is 0 Å². The van der Waals surface area contributed by atoms with Crippen LogP contribution in [0.25, 0.3) is 0 Å². The summed E-state index contributed by atoms with van der Waals surface area (Å²) in [7, 11) is 0. The summed E-state index contributed by atoms with van der Waals surface area (Å²) >= 11 is 6.05. The first kappa shape index (κ1) is 16.3. The van der Waals surface area contributed by atoms with Gasteiger partial charge in [-0.2, -0.15) is 0 Å². The third-order valence-electron chi connectivity index (χ3n) is 4.06. The average molecular weight is 309 g/mol. The third kappa shape index (κ3) is 4.45. The first-order chi connectivity index (χ1) is 10.1. The summed E-state index contributed by atoms with van der Waals surface area (Å²) in [6.45, 7) is 7.85. The van der Waals surface area contributed by atoms with Crippen LogP contribution in [0.3, 0.4) is 0 Å². The molecule has 0 aliphatic carbocycles. The topological polar surface area (TPSA) is 32.3 Å². The summed E-state index contributed by atoms with van der Waals surface area (Å²) in [6.07, 6.45) is 3.40. The fourth-order valence-electron chi connectivity index (χ4n) is 2.90. The van der Waals surface area contributed by atoms with Crippen LogP contribution in [0.4, 0.5) is 0 Å². The minimum atomic E-state index is 0.127. The molecule has 3 nitrogen and oxygen atoms in total. The molecule has 1 amide bonds. The Labute approximate surface area is 132 Å². The number of carbonyl (C=O) groups is 1. The van der Waals surface area contributed by atoms with Gasteiger partial charge in [0.25, 0.3) is 5.91 Å². The second kappa shape index (κ2) is 7.81. The third-order valence-corrected chi connectivity index (χ3v) is 4.49. The number of nitrogens with zero attached hydrogens (tertiary/aromatic N) is 1. The molecule has 0 saturated carbocycles. The average Bonchev–Trinajstić information content (AvgIpc) is 2.50. The molecule has 0 bridgehead atoms. The summed E-state index contributed by atoms with van der Waals surface area (Å²) in [4.78, 5) is 14.7. The Bertz CT molecular complexity index is 484. The van der Waals surface area contributed by atoms with E-state index in [1.54, 1.807) is 0 Å². The number of aryl methyl sites for hydroxylation is 1. The van der Waals surface area contributed by atoms with Gasteiger partial charge in [0, 0.05) is 23.7 Å². The monoisotopic (exact) mass is 308 g/mol. The van der Waals surface area contributed by atoms with E-state index in [-0.39, 0.29) is 5.91 Å². The second-order valence-corrected chi connectivity index (χ2v) is 6.33. The molecule has 1 aromatic carbocycles. The van der Waals surface area contributed by atoms with Crippen molar-refractivity contribution in [3.63, 3.8) is 0 Å². The van der Waals surface area contributed by atoms with Crippen LogP contribution in [0.1, 0.15) is 42.1 Å². The highest BCUT2D eigenvalue weighted by atomic mass is 35.5. The van der Waals surface area contributed by atoms with E-state index in [0.29, 0.717) is 10.9 Å². The molecule has 1 unspecified atom stereocenters. The van der Waals surface area contributed by atoms with Gasteiger partial charge in [-0.1, -0.05) is 18.5 Å². The quantitative estimate of drug-likeness (QED) is 0.903. The highest BCUT2D eigenvalue weighted by molar-refractivity contribution is 6.31. The van der Waals surface area contributed by atoms with Crippen LogP contribution in [0.5, 0.6) is 0 Å². The van der Waals surface area contributed by atoms with Crippen molar-refractivity contribution >= 4 is 17.5 Å². The number of hydrogen-bond donors (Lipinski definition) is 1. The number of carbonyl (C=O) groups excluding carboxylic acids is 1. The van der Waals surface area contributed by atoms with Gasteiger partial charge < -0.3 is 10.2 Å². The van der Waals surface area contributed by atoms with Crippen molar-refractivity contribution < 1.29 is 4.79 Å². The Morgan fingerprint density at radius 3 is 2.90 bits per heavy atom. The largest absolute Gasteiger partial charge is 0.338 e. The molecule has 1 atom stereocenters. The molecule has 1 fully saturated rings. The summed E-state index contributed by atoms with van der Waals surface area (Å²) in [5, 5.41) is 4.14. The van der Waals surface area contributed by atoms with Gasteiger partial charge in [0.05, 0.1) is 0 Å². The molecular weight excluding hydrogens is 284 g/mol. The van der Waals surface area contributed by atoms with E-state index < -0.39 is 0 Å². The molecule has 1 aromatic rings. The number of hydrogen-bond acceptors (Lipinski definition) is 2. The van der Waals surface area contributed by atoms with Crippen LogP contribution in [-0.2, 0) is 0 Å². The first-order valence-corrected chi connectivity index (χ1v) is 8.25. The molecule has 4 heteroatoms. The van der Waals surface area contributed by atoms with Gasteiger partial charge in [-0.05, 0) is 69.0 Å². The van der Waals surface area contributed by atoms with Crippen molar-refractivity contribution in [2.75, 3.05) is 26.2 Å². The predicted octanol–water partition coefficient (Wildman–Crippen LogP) is 3.50. The standard InChI is InChI=1S/C17H25ClN2O/c1-3-9-20(12-14-5-4-8-19-11-14)17(21)15-6-7-16(18)13(2)10-15/h6-7,10,14,19H,3-5,8-9,11-12H2,1-2H3. The highest BCUT2D eigenvalue weighted by Gasteiger charge is 2.21. The Morgan fingerprint density at radius 2 is 2.29 bits per heavy atom. The molecule has 1 aliphatic rings. The minimum absolute atomic E-state index is 0.127. The van der Waals surface area contributed by atoms with Crippen LogP contribution >= 0.6 is 11.6 Å². The fraction of sp³-hybridized carbons (Fsp3) is 0.588. The maximum Gasteiger partial charge on any atom is 0.253 e. The van der Waals surface area contributed by atoms with Crippen LogP contribution in [-0.4, -0.2) is 37.0 Å². The zero-order chi connectivity index (χ0) is 15.2. The molecule has 116 valence electrons. The fourth-order valence-corrected chi connectivity index (χ4v) is 3.02. The molecule has 21 heavy (non-hydrogen) atoms. The van der Waals surface area contributed by atoms with Gasteiger partial charge >= 0.3 is 0 Å². The van der Waals surface area contributed by atoms with E-state index in [2.05, 4.69) is 12.2 Å². The maximum absolute atomic E-state index is 12.7. The Hall–Kier alpha value is -1.06. The maximum atomic E-state index is 12.7. The van der Waals surface area contributed by atoms with Gasteiger partial charge in [0.15, 0.2) is 0 Å². The van der Waals surface area contributed by atoms with Crippen LogP contribution in [0, 0.1) is 12.8 Å². The normalized spacial score (nSPS) is 18.5. The molecule has 1 N–H and O–H groups in total. The van der Waals surface area contributed by atoms with Gasteiger partial charge in [-0.25, -0.2) is 0 Å². The van der Waals surface area contributed by atoms with Crippen molar-refractivity contribution in [1.82, 2.24) is 10.2 Å². The van der Waals surface area contributed by atoms with E-state index in [9.17, 15) is 4.79 Å². The van der Waals surface area contributed by atoms with Gasteiger partial charge in [-0.3, -0.25) is 4.79 Å². The lowest BCUT2D eigenvalue weighted by molar-refractivity contribution is 0.0718. The molecule has 0 radical (unpaired) electrons. The van der Waals surface area contributed by atoms with Crippen LogP contribution in [0.15, 0.2) is 18.2 Å². The van der Waals surface area contributed by atoms with Gasteiger partial charge in [0.1, 0.15) is 0 Å².